The zero-order valence-electron chi connectivity index (χ0n) is 11.8. The van der Waals surface area contributed by atoms with Crippen LogP contribution in [0.1, 0.15) is 25.0 Å². The van der Waals surface area contributed by atoms with Gasteiger partial charge in [0, 0.05) is 39.0 Å². The molecule has 1 saturated heterocycles. The van der Waals surface area contributed by atoms with E-state index >= 15 is 0 Å². The van der Waals surface area contributed by atoms with E-state index in [1.54, 1.807) is 7.11 Å². The molecule has 0 saturated carbocycles. The third-order valence-corrected chi connectivity index (χ3v) is 3.70. The lowest BCUT2D eigenvalue weighted by molar-refractivity contribution is 0.131. The Morgan fingerprint density at radius 3 is 3.16 bits per heavy atom. The average Bonchev–Trinajstić information content (AvgIpc) is 2.46. The van der Waals surface area contributed by atoms with E-state index in [0.717, 1.165) is 26.2 Å². The molecule has 1 aliphatic rings. The standard InChI is InChI=1S/C15H25N3O/c1-19-11-9-16-12-15-7-3-5-10-18(15)13-14-6-2-4-8-17-14/h2,4,6,8,15-16H,3,5,7,9-13H2,1H3. The normalized spacial score (nSPS) is 20.6. The SMILES string of the molecule is COCCNCC1CCCCN1Cc1ccccn1. The van der Waals surface area contributed by atoms with Crippen molar-refractivity contribution in [2.45, 2.75) is 31.8 Å². The summed E-state index contributed by atoms with van der Waals surface area (Å²) >= 11 is 0. The number of aromatic nitrogens is 1. The van der Waals surface area contributed by atoms with Gasteiger partial charge in [-0.25, -0.2) is 0 Å². The maximum Gasteiger partial charge on any atom is 0.0587 e. The van der Waals surface area contributed by atoms with Gasteiger partial charge in [-0.1, -0.05) is 12.5 Å². The van der Waals surface area contributed by atoms with Crippen LogP contribution in [0.15, 0.2) is 24.4 Å². The topological polar surface area (TPSA) is 37.4 Å². The molecule has 2 heterocycles. The van der Waals surface area contributed by atoms with Crippen molar-refractivity contribution in [1.82, 2.24) is 15.2 Å². The van der Waals surface area contributed by atoms with Gasteiger partial charge >= 0.3 is 0 Å². The predicted octanol–water partition coefficient (Wildman–Crippen LogP) is 1.67. The molecule has 0 radical (unpaired) electrons. The Hall–Kier alpha value is -0.970. The number of hydrogen-bond donors (Lipinski definition) is 1. The summed E-state index contributed by atoms with van der Waals surface area (Å²) in [5.74, 6) is 0. The lowest BCUT2D eigenvalue weighted by Gasteiger charge is -2.35. The number of piperidine rings is 1. The molecule has 0 aromatic carbocycles. The van der Waals surface area contributed by atoms with Crippen molar-refractivity contribution >= 4 is 0 Å². The van der Waals surface area contributed by atoms with Crippen LogP contribution in [-0.4, -0.2) is 49.3 Å². The minimum absolute atomic E-state index is 0.632. The summed E-state index contributed by atoms with van der Waals surface area (Å²) in [6, 6.07) is 6.79. The van der Waals surface area contributed by atoms with Gasteiger partial charge in [0.2, 0.25) is 0 Å². The second-order valence-electron chi connectivity index (χ2n) is 5.14. The molecular formula is C15H25N3O. The van der Waals surface area contributed by atoms with Gasteiger partial charge in [-0.3, -0.25) is 9.88 Å². The van der Waals surface area contributed by atoms with Crippen LogP contribution in [0.3, 0.4) is 0 Å². The van der Waals surface area contributed by atoms with Gasteiger partial charge in [-0.15, -0.1) is 0 Å². The molecule has 0 aliphatic carbocycles. The fourth-order valence-electron chi connectivity index (χ4n) is 2.64. The van der Waals surface area contributed by atoms with E-state index in [0.29, 0.717) is 6.04 Å². The van der Waals surface area contributed by atoms with Crippen molar-refractivity contribution in [3.05, 3.63) is 30.1 Å². The lowest BCUT2D eigenvalue weighted by atomic mass is 10.0. The Balaban J connectivity index is 1.82. The Labute approximate surface area is 116 Å². The number of nitrogens with zero attached hydrogens (tertiary/aromatic N) is 2. The van der Waals surface area contributed by atoms with Crippen molar-refractivity contribution in [1.29, 1.82) is 0 Å². The summed E-state index contributed by atoms with van der Waals surface area (Å²) in [4.78, 5) is 7.00. The number of nitrogens with one attached hydrogen (secondary N) is 1. The van der Waals surface area contributed by atoms with Gasteiger partial charge in [-0.05, 0) is 31.5 Å². The van der Waals surface area contributed by atoms with Gasteiger partial charge in [0.1, 0.15) is 0 Å². The first-order valence-electron chi connectivity index (χ1n) is 7.24. The molecule has 1 fully saturated rings. The maximum atomic E-state index is 5.07. The Kier molecular flexibility index (Phi) is 6.27. The second-order valence-corrected chi connectivity index (χ2v) is 5.14. The van der Waals surface area contributed by atoms with E-state index < -0.39 is 0 Å². The number of rotatable bonds is 7. The number of pyridine rings is 1. The summed E-state index contributed by atoms with van der Waals surface area (Å²) < 4.78 is 5.07. The molecule has 2 rings (SSSR count). The van der Waals surface area contributed by atoms with Gasteiger partial charge in [-0.2, -0.15) is 0 Å². The van der Waals surface area contributed by atoms with E-state index in [2.05, 4.69) is 27.3 Å². The van der Waals surface area contributed by atoms with Crippen LogP contribution in [-0.2, 0) is 11.3 Å². The van der Waals surface area contributed by atoms with Crippen LogP contribution in [0.4, 0.5) is 0 Å². The van der Waals surface area contributed by atoms with Crippen LogP contribution >= 0.6 is 0 Å². The number of hydrogen-bond acceptors (Lipinski definition) is 4. The van der Waals surface area contributed by atoms with E-state index in [4.69, 9.17) is 4.74 Å². The smallest absolute Gasteiger partial charge is 0.0587 e. The van der Waals surface area contributed by atoms with Crippen LogP contribution in [0.5, 0.6) is 0 Å². The largest absolute Gasteiger partial charge is 0.383 e. The predicted molar refractivity (Wildman–Crippen MR) is 77.0 cm³/mol. The summed E-state index contributed by atoms with van der Waals surface area (Å²) in [5.41, 5.74) is 1.17. The number of likely N-dealkylation sites (tertiary alicyclic amines) is 1. The van der Waals surface area contributed by atoms with Crippen molar-refractivity contribution < 1.29 is 4.74 Å². The van der Waals surface area contributed by atoms with Crippen LogP contribution in [0, 0.1) is 0 Å². The van der Waals surface area contributed by atoms with E-state index in [-0.39, 0.29) is 0 Å². The van der Waals surface area contributed by atoms with Gasteiger partial charge < -0.3 is 10.1 Å². The van der Waals surface area contributed by atoms with Gasteiger partial charge in [0.05, 0.1) is 12.3 Å². The third kappa shape index (κ3) is 4.90. The summed E-state index contributed by atoms with van der Waals surface area (Å²) in [6.45, 7) is 4.93. The number of methoxy groups -OCH3 is 1. The first kappa shape index (κ1) is 14.4. The molecule has 1 N–H and O–H groups in total. The molecule has 0 bridgehead atoms. The van der Waals surface area contributed by atoms with Crippen LogP contribution in [0.2, 0.25) is 0 Å². The van der Waals surface area contributed by atoms with E-state index in [1.165, 1.54) is 31.5 Å². The monoisotopic (exact) mass is 263 g/mol. The van der Waals surface area contributed by atoms with Crippen molar-refractivity contribution in [3.8, 4) is 0 Å². The molecule has 1 atom stereocenters. The molecule has 1 aromatic heterocycles. The highest BCUT2D eigenvalue weighted by Crippen LogP contribution is 2.18. The highest BCUT2D eigenvalue weighted by atomic mass is 16.5. The van der Waals surface area contributed by atoms with Crippen LogP contribution in [0.25, 0.3) is 0 Å². The van der Waals surface area contributed by atoms with E-state index in [9.17, 15) is 0 Å². The first-order valence-corrected chi connectivity index (χ1v) is 7.24. The fraction of sp³-hybridized carbons (Fsp3) is 0.667. The lowest BCUT2D eigenvalue weighted by Crippen LogP contribution is -2.45. The zero-order chi connectivity index (χ0) is 13.3. The fourth-order valence-corrected chi connectivity index (χ4v) is 2.64. The molecule has 1 unspecified atom stereocenters. The van der Waals surface area contributed by atoms with Crippen molar-refractivity contribution in [3.63, 3.8) is 0 Å². The summed E-state index contributed by atoms with van der Waals surface area (Å²) in [5, 5.41) is 3.48. The van der Waals surface area contributed by atoms with Gasteiger partial charge in [0.25, 0.3) is 0 Å². The highest BCUT2D eigenvalue weighted by Gasteiger charge is 2.22. The summed E-state index contributed by atoms with van der Waals surface area (Å²) in [6.07, 6.45) is 5.81. The van der Waals surface area contributed by atoms with Crippen LogP contribution < -0.4 is 5.32 Å². The minimum atomic E-state index is 0.632. The summed E-state index contributed by atoms with van der Waals surface area (Å²) in [7, 11) is 1.75. The zero-order valence-corrected chi connectivity index (χ0v) is 11.8. The Bertz CT molecular complexity index is 345. The molecular weight excluding hydrogens is 238 g/mol. The Morgan fingerprint density at radius 2 is 2.37 bits per heavy atom. The molecule has 4 nitrogen and oxygen atoms in total. The first-order chi connectivity index (χ1) is 9.40. The quantitative estimate of drug-likeness (QED) is 0.759. The highest BCUT2D eigenvalue weighted by molar-refractivity contribution is 5.03. The van der Waals surface area contributed by atoms with E-state index in [1.807, 2.05) is 12.3 Å². The molecule has 1 aliphatic heterocycles. The number of ether oxygens (including phenoxy) is 1. The minimum Gasteiger partial charge on any atom is -0.383 e. The molecule has 19 heavy (non-hydrogen) atoms. The molecule has 4 heteroatoms. The molecule has 1 aromatic rings. The second kappa shape index (κ2) is 8.25. The molecule has 0 spiro atoms. The van der Waals surface area contributed by atoms with Crippen molar-refractivity contribution in [2.24, 2.45) is 0 Å². The third-order valence-electron chi connectivity index (χ3n) is 3.70. The molecule has 106 valence electrons. The Morgan fingerprint density at radius 1 is 1.42 bits per heavy atom. The van der Waals surface area contributed by atoms with Gasteiger partial charge in [0.15, 0.2) is 0 Å². The van der Waals surface area contributed by atoms with Crippen molar-refractivity contribution in [2.75, 3.05) is 33.4 Å². The molecule has 0 amide bonds. The average molecular weight is 263 g/mol. The maximum absolute atomic E-state index is 5.07.